The molecule has 3 rings (SSSR count). The number of Topliss-reactive ketones (excluding diaryl/α,β-unsaturated/α-hetero) is 1. The molecule has 1 aromatic heterocycles. The number of cyclic esters (lactones) is 1. The molecule has 9 heteroatoms. The standard InChI is InChI=1S/C26H39NO7S/c1-14(8-18-12-35-17(4)27-18)19-9-21-26(7,34-21)13-32-11-15(2)23(30)16(3)24(31)25(5,6)20(28)10-22(29)33-19/h8,12,15-16,19-21,23,28,30H,9-11,13H2,1-7H3/t15-,16+,19-,20-,21+,23-,26+/m1/s1. The summed E-state index contributed by atoms with van der Waals surface area (Å²) in [5.41, 5.74) is -0.149. The van der Waals surface area contributed by atoms with Crippen LogP contribution in [0.5, 0.6) is 0 Å². The molecule has 0 aliphatic carbocycles. The second-order valence-electron chi connectivity index (χ2n) is 10.9. The summed E-state index contributed by atoms with van der Waals surface area (Å²) >= 11 is 1.54. The van der Waals surface area contributed by atoms with Crippen LogP contribution in [0, 0.1) is 24.2 Å². The molecule has 2 fully saturated rings. The van der Waals surface area contributed by atoms with E-state index in [4.69, 9.17) is 14.2 Å². The molecular formula is C26H39NO7S. The topological polar surface area (TPSA) is 118 Å². The van der Waals surface area contributed by atoms with E-state index in [-0.39, 0.29) is 30.8 Å². The lowest BCUT2D eigenvalue weighted by Gasteiger charge is -2.34. The van der Waals surface area contributed by atoms with Crippen LogP contribution in [0.2, 0.25) is 0 Å². The Labute approximate surface area is 211 Å². The normalized spacial score (nSPS) is 37.5. The molecule has 0 spiro atoms. The van der Waals surface area contributed by atoms with Gasteiger partial charge in [0.15, 0.2) is 0 Å². The fourth-order valence-electron chi connectivity index (χ4n) is 4.57. The molecule has 0 bridgehead atoms. The Morgan fingerprint density at radius 3 is 2.54 bits per heavy atom. The zero-order chi connectivity index (χ0) is 26.1. The van der Waals surface area contributed by atoms with Crippen molar-refractivity contribution in [2.45, 2.75) is 91.3 Å². The van der Waals surface area contributed by atoms with Crippen molar-refractivity contribution < 1.29 is 34.0 Å². The lowest BCUT2D eigenvalue weighted by atomic mass is 9.73. The second kappa shape index (κ2) is 10.8. The molecule has 196 valence electrons. The van der Waals surface area contributed by atoms with Crippen molar-refractivity contribution in [3.8, 4) is 0 Å². The lowest BCUT2D eigenvalue weighted by Crippen LogP contribution is -2.46. The van der Waals surface area contributed by atoms with E-state index in [1.165, 1.54) is 0 Å². The highest BCUT2D eigenvalue weighted by Gasteiger charge is 2.54. The smallest absolute Gasteiger partial charge is 0.309 e. The molecule has 0 saturated carbocycles. The van der Waals surface area contributed by atoms with Crippen molar-refractivity contribution in [1.82, 2.24) is 4.98 Å². The minimum absolute atomic E-state index is 0.171. The van der Waals surface area contributed by atoms with Crippen molar-refractivity contribution in [2.75, 3.05) is 13.2 Å². The summed E-state index contributed by atoms with van der Waals surface area (Å²) in [5.74, 6) is -1.94. The average molecular weight is 510 g/mol. The molecule has 1 aromatic rings. The first-order chi connectivity index (χ1) is 16.2. The monoisotopic (exact) mass is 509 g/mol. The molecule has 2 aliphatic heterocycles. The fraction of sp³-hybridized carbons (Fsp3) is 0.731. The van der Waals surface area contributed by atoms with Crippen molar-refractivity contribution in [3.63, 3.8) is 0 Å². The number of rotatable bonds is 2. The van der Waals surface area contributed by atoms with Gasteiger partial charge in [0.1, 0.15) is 17.5 Å². The van der Waals surface area contributed by atoms with Gasteiger partial charge in [-0.3, -0.25) is 9.59 Å². The van der Waals surface area contributed by atoms with Crippen LogP contribution < -0.4 is 0 Å². The lowest BCUT2D eigenvalue weighted by molar-refractivity contribution is -0.154. The summed E-state index contributed by atoms with van der Waals surface area (Å²) in [6.07, 6.45) is -0.947. The maximum absolute atomic E-state index is 13.2. The maximum Gasteiger partial charge on any atom is 0.309 e. The molecule has 7 atom stereocenters. The number of aromatic nitrogens is 1. The predicted molar refractivity (Wildman–Crippen MR) is 133 cm³/mol. The van der Waals surface area contributed by atoms with Gasteiger partial charge in [0, 0.05) is 23.6 Å². The number of fused-ring (bicyclic) bond motifs is 1. The van der Waals surface area contributed by atoms with E-state index in [2.05, 4.69) is 4.98 Å². The number of aliphatic hydroxyl groups excluding tert-OH is 2. The third-order valence-corrected chi connectivity index (χ3v) is 8.16. The Balaban J connectivity index is 1.85. The van der Waals surface area contributed by atoms with Gasteiger partial charge in [-0.1, -0.05) is 27.7 Å². The highest BCUT2D eigenvalue weighted by Crippen LogP contribution is 2.41. The highest BCUT2D eigenvalue weighted by atomic mass is 32.1. The van der Waals surface area contributed by atoms with Gasteiger partial charge >= 0.3 is 5.97 Å². The zero-order valence-corrected chi connectivity index (χ0v) is 22.6. The van der Waals surface area contributed by atoms with E-state index in [0.29, 0.717) is 13.0 Å². The molecule has 3 heterocycles. The summed E-state index contributed by atoms with van der Waals surface area (Å²) in [5, 5.41) is 24.5. The Bertz CT molecular complexity index is 957. The van der Waals surface area contributed by atoms with Crippen molar-refractivity contribution >= 4 is 29.2 Å². The highest BCUT2D eigenvalue weighted by molar-refractivity contribution is 7.09. The number of aliphatic hydroxyl groups is 2. The number of aryl methyl sites for hydroxylation is 1. The Morgan fingerprint density at radius 2 is 1.91 bits per heavy atom. The summed E-state index contributed by atoms with van der Waals surface area (Å²) in [6, 6.07) is 0. The molecule has 8 nitrogen and oxygen atoms in total. The van der Waals surface area contributed by atoms with Crippen LogP contribution in [-0.2, 0) is 23.8 Å². The number of esters is 1. The van der Waals surface area contributed by atoms with Gasteiger partial charge in [0.2, 0.25) is 0 Å². The number of thiazole rings is 1. The molecule has 2 saturated heterocycles. The molecule has 0 aromatic carbocycles. The summed E-state index contributed by atoms with van der Waals surface area (Å²) in [7, 11) is 0. The minimum atomic E-state index is -1.26. The first kappa shape index (κ1) is 27.9. The third-order valence-electron chi connectivity index (χ3n) is 7.36. The first-order valence-corrected chi connectivity index (χ1v) is 13.1. The zero-order valence-electron chi connectivity index (χ0n) is 21.7. The van der Waals surface area contributed by atoms with Gasteiger partial charge < -0.3 is 24.4 Å². The molecule has 0 unspecified atom stereocenters. The average Bonchev–Trinajstić information content (AvgIpc) is 3.22. The maximum atomic E-state index is 13.2. The van der Waals surface area contributed by atoms with E-state index in [9.17, 15) is 19.8 Å². The molecule has 0 radical (unpaired) electrons. The van der Waals surface area contributed by atoms with E-state index >= 15 is 0 Å². The number of ketones is 1. The summed E-state index contributed by atoms with van der Waals surface area (Å²) in [4.78, 5) is 30.5. The molecule has 2 aliphatic rings. The van der Waals surface area contributed by atoms with E-state index < -0.39 is 41.2 Å². The van der Waals surface area contributed by atoms with Crippen LogP contribution in [0.4, 0.5) is 0 Å². The van der Waals surface area contributed by atoms with Crippen molar-refractivity contribution in [2.24, 2.45) is 17.3 Å². The van der Waals surface area contributed by atoms with E-state index in [1.807, 2.05) is 39.2 Å². The van der Waals surface area contributed by atoms with Gasteiger partial charge in [0.05, 0.1) is 54.1 Å². The Hall–Kier alpha value is -1.65. The van der Waals surface area contributed by atoms with Crippen LogP contribution >= 0.6 is 11.3 Å². The number of ether oxygens (including phenoxy) is 3. The first-order valence-electron chi connectivity index (χ1n) is 12.2. The number of hydrogen-bond donors (Lipinski definition) is 2. The van der Waals surface area contributed by atoms with E-state index in [1.54, 1.807) is 32.1 Å². The van der Waals surface area contributed by atoms with Gasteiger partial charge in [-0.15, -0.1) is 11.3 Å². The minimum Gasteiger partial charge on any atom is -0.458 e. The summed E-state index contributed by atoms with van der Waals surface area (Å²) < 4.78 is 17.6. The number of nitrogens with zero attached hydrogens (tertiary/aromatic N) is 1. The van der Waals surface area contributed by atoms with Gasteiger partial charge in [-0.05, 0) is 32.4 Å². The van der Waals surface area contributed by atoms with Gasteiger partial charge in [-0.25, -0.2) is 4.98 Å². The fourth-order valence-corrected chi connectivity index (χ4v) is 5.14. The molecule has 35 heavy (non-hydrogen) atoms. The predicted octanol–water partition coefficient (Wildman–Crippen LogP) is 3.32. The third kappa shape index (κ3) is 6.57. The van der Waals surface area contributed by atoms with Crippen LogP contribution in [0.1, 0.15) is 65.1 Å². The quantitative estimate of drug-likeness (QED) is 0.460. The van der Waals surface area contributed by atoms with Crippen LogP contribution in [0.3, 0.4) is 0 Å². The van der Waals surface area contributed by atoms with Crippen LogP contribution in [0.25, 0.3) is 6.08 Å². The molecular weight excluding hydrogens is 470 g/mol. The SMILES string of the molecule is CC(=Cc1csc(C)n1)[C@H]1C[C@@H]2O[C@@]2(C)COC[C@@H](C)[C@@H](O)[C@H](C)C(=O)C(C)(C)[C@H](O)CC(=O)O1. The van der Waals surface area contributed by atoms with Gasteiger partial charge in [-0.2, -0.15) is 0 Å². The largest absolute Gasteiger partial charge is 0.458 e. The number of epoxide rings is 1. The van der Waals surface area contributed by atoms with Crippen LogP contribution in [-0.4, -0.2) is 70.2 Å². The Morgan fingerprint density at radius 1 is 1.23 bits per heavy atom. The second-order valence-corrected chi connectivity index (χ2v) is 12.0. The van der Waals surface area contributed by atoms with Crippen molar-refractivity contribution in [3.05, 3.63) is 21.7 Å². The molecule has 2 N–H and O–H groups in total. The van der Waals surface area contributed by atoms with Crippen molar-refractivity contribution in [1.29, 1.82) is 0 Å². The number of carbonyl (C=O) groups is 2. The van der Waals surface area contributed by atoms with E-state index in [0.717, 1.165) is 16.3 Å². The number of carbonyl (C=O) groups excluding carboxylic acids is 2. The molecule has 0 amide bonds. The number of hydrogen-bond acceptors (Lipinski definition) is 9. The summed E-state index contributed by atoms with van der Waals surface area (Å²) in [6.45, 7) is 13.0. The van der Waals surface area contributed by atoms with Gasteiger partial charge in [0.25, 0.3) is 0 Å². The van der Waals surface area contributed by atoms with Crippen LogP contribution in [0.15, 0.2) is 11.0 Å². The Kier molecular flexibility index (Phi) is 8.59.